The molecule has 1 aromatic rings. The number of rotatable bonds is 6. The van der Waals surface area contributed by atoms with E-state index in [1.807, 2.05) is 0 Å². The fourth-order valence-electron chi connectivity index (χ4n) is 1.13. The summed E-state index contributed by atoms with van der Waals surface area (Å²) in [6.45, 7) is 3.33. The normalized spacial score (nSPS) is 12.5. The number of hydrogen-bond donors (Lipinski definition) is 2. The molecule has 0 spiro atoms. The molecule has 3 N–H and O–H groups in total. The Morgan fingerprint density at radius 2 is 2.38 bits per heavy atom. The van der Waals surface area contributed by atoms with Crippen LogP contribution in [0.3, 0.4) is 0 Å². The summed E-state index contributed by atoms with van der Waals surface area (Å²) in [7, 11) is 0. The Labute approximate surface area is 92.3 Å². The predicted molar refractivity (Wildman–Crippen MR) is 59.0 cm³/mol. The lowest BCUT2D eigenvalue weighted by Crippen LogP contribution is -2.20. The molecule has 0 radical (unpaired) electrons. The van der Waals surface area contributed by atoms with Crippen LogP contribution in [0.25, 0.3) is 0 Å². The molecule has 1 aromatic heterocycles. The highest BCUT2D eigenvalue weighted by Crippen LogP contribution is 2.03. The van der Waals surface area contributed by atoms with E-state index in [9.17, 15) is 9.59 Å². The molecule has 1 rings (SSSR count). The van der Waals surface area contributed by atoms with Gasteiger partial charge in [0.25, 0.3) is 0 Å². The molecule has 0 unspecified atom stereocenters. The number of amides is 1. The second-order valence-electron chi connectivity index (χ2n) is 3.10. The smallest absolute Gasteiger partial charge is 0.241 e. The third-order valence-corrected chi connectivity index (χ3v) is 1.92. The third-order valence-electron chi connectivity index (χ3n) is 1.92. The molecule has 0 aliphatic rings. The number of nitrogens with zero attached hydrogens (tertiary/aromatic N) is 2. The topological polar surface area (TPSA) is 101 Å². The molecule has 84 valence electrons. The number of ketones is 1. The Morgan fingerprint density at radius 1 is 1.62 bits per heavy atom. The molecular weight excluding hydrogens is 208 g/mol. The highest BCUT2D eigenvalue weighted by atomic mass is 16.1. The van der Waals surface area contributed by atoms with Gasteiger partial charge in [-0.15, -0.1) is 0 Å². The lowest BCUT2D eigenvalue weighted by molar-refractivity contribution is -0.117. The molecule has 0 fully saturated rings. The van der Waals surface area contributed by atoms with E-state index >= 15 is 0 Å². The van der Waals surface area contributed by atoms with E-state index in [0.717, 1.165) is 12.2 Å². The van der Waals surface area contributed by atoms with Crippen molar-refractivity contribution in [2.24, 2.45) is 10.7 Å². The molecule has 6 heteroatoms. The van der Waals surface area contributed by atoms with Gasteiger partial charge in [0.05, 0.1) is 12.0 Å². The van der Waals surface area contributed by atoms with Gasteiger partial charge in [0, 0.05) is 18.7 Å². The number of aromatic nitrogens is 2. The number of nitrogens with two attached hydrogens (primary N) is 1. The molecule has 16 heavy (non-hydrogen) atoms. The SMILES string of the molecule is C=N[C@@H](Cc1c[nH]cn1)C(=O)C=CC(N)=O. The van der Waals surface area contributed by atoms with Crippen LogP contribution in [0.5, 0.6) is 0 Å². The van der Waals surface area contributed by atoms with Crippen LogP contribution >= 0.6 is 0 Å². The van der Waals surface area contributed by atoms with Crippen molar-refractivity contribution >= 4 is 18.4 Å². The number of H-pyrrole nitrogens is 1. The van der Waals surface area contributed by atoms with E-state index in [1.165, 1.54) is 6.33 Å². The Bertz CT molecular complexity index is 408. The summed E-state index contributed by atoms with van der Waals surface area (Å²) in [6.07, 6.45) is 5.64. The zero-order chi connectivity index (χ0) is 12.0. The lowest BCUT2D eigenvalue weighted by Gasteiger charge is -2.05. The van der Waals surface area contributed by atoms with E-state index in [4.69, 9.17) is 5.73 Å². The van der Waals surface area contributed by atoms with Crippen LogP contribution in [0.4, 0.5) is 0 Å². The van der Waals surface area contributed by atoms with Gasteiger partial charge in [0.1, 0.15) is 6.04 Å². The number of aliphatic imine (C=N–C) groups is 1. The van der Waals surface area contributed by atoms with Crippen LogP contribution in [-0.2, 0) is 16.0 Å². The molecule has 0 saturated carbocycles. The second-order valence-corrected chi connectivity index (χ2v) is 3.10. The number of imidazole rings is 1. The summed E-state index contributed by atoms with van der Waals surface area (Å²) < 4.78 is 0. The maximum Gasteiger partial charge on any atom is 0.241 e. The molecule has 6 nitrogen and oxygen atoms in total. The number of hydrogen-bond acceptors (Lipinski definition) is 4. The molecule has 0 saturated heterocycles. The van der Waals surface area contributed by atoms with Gasteiger partial charge in [-0.2, -0.15) is 0 Å². The van der Waals surface area contributed by atoms with Gasteiger partial charge in [0.15, 0.2) is 5.78 Å². The van der Waals surface area contributed by atoms with Crippen LogP contribution in [0.1, 0.15) is 5.69 Å². The van der Waals surface area contributed by atoms with Gasteiger partial charge in [-0.3, -0.25) is 14.6 Å². The molecule has 0 aromatic carbocycles. The van der Waals surface area contributed by atoms with Gasteiger partial charge >= 0.3 is 0 Å². The molecule has 1 amide bonds. The first-order valence-electron chi connectivity index (χ1n) is 4.58. The molecule has 1 heterocycles. The number of primary amides is 1. The van der Waals surface area contributed by atoms with Crippen molar-refractivity contribution < 1.29 is 9.59 Å². The maximum absolute atomic E-state index is 11.5. The van der Waals surface area contributed by atoms with Crippen molar-refractivity contribution in [3.05, 3.63) is 30.4 Å². The molecule has 0 aliphatic heterocycles. The van der Waals surface area contributed by atoms with Crippen molar-refractivity contribution in [1.29, 1.82) is 0 Å². The van der Waals surface area contributed by atoms with E-state index in [0.29, 0.717) is 12.1 Å². The average Bonchev–Trinajstić information content (AvgIpc) is 2.75. The van der Waals surface area contributed by atoms with Crippen LogP contribution in [0.2, 0.25) is 0 Å². The van der Waals surface area contributed by atoms with E-state index < -0.39 is 11.9 Å². The fourth-order valence-corrected chi connectivity index (χ4v) is 1.13. The van der Waals surface area contributed by atoms with E-state index in [2.05, 4.69) is 21.7 Å². The minimum atomic E-state index is -0.670. The number of nitrogens with one attached hydrogen (secondary N) is 1. The first kappa shape index (κ1) is 11.8. The van der Waals surface area contributed by atoms with Crippen molar-refractivity contribution in [3.63, 3.8) is 0 Å². The largest absolute Gasteiger partial charge is 0.366 e. The maximum atomic E-state index is 11.5. The minimum Gasteiger partial charge on any atom is -0.366 e. The quantitative estimate of drug-likeness (QED) is 0.505. The van der Waals surface area contributed by atoms with Crippen LogP contribution in [0, 0.1) is 0 Å². The minimum absolute atomic E-state index is 0.322. The summed E-state index contributed by atoms with van der Waals surface area (Å²) in [5, 5.41) is 0. The van der Waals surface area contributed by atoms with E-state index in [1.54, 1.807) is 6.20 Å². The number of carbonyl (C=O) groups is 2. The summed E-state index contributed by atoms with van der Waals surface area (Å²) in [4.78, 5) is 32.4. The summed E-state index contributed by atoms with van der Waals surface area (Å²) >= 11 is 0. The van der Waals surface area contributed by atoms with Crippen LogP contribution in [-0.4, -0.2) is 34.4 Å². The number of aromatic amines is 1. The number of carbonyl (C=O) groups excluding carboxylic acids is 2. The molecule has 0 bridgehead atoms. The second kappa shape index (κ2) is 5.59. The lowest BCUT2D eigenvalue weighted by atomic mass is 10.1. The average molecular weight is 220 g/mol. The fraction of sp³-hybridized carbons (Fsp3) is 0.200. The summed E-state index contributed by atoms with van der Waals surface area (Å²) in [5.74, 6) is -0.993. The zero-order valence-electron chi connectivity index (χ0n) is 8.59. The van der Waals surface area contributed by atoms with Gasteiger partial charge in [-0.25, -0.2) is 4.98 Å². The van der Waals surface area contributed by atoms with Crippen molar-refractivity contribution in [3.8, 4) is 0 Å². The highest BCUT2D eigenvalue weighted by Gasteiger charge is 2.15. The summed E-state index contributed by atoms with van der Waals surface area (Å²) in [5.41, 5.74) is 5.58. The standard InChI is InChI=1S/C10H12N4O2/c1-12-8(4-7-5-13-6-14-7)9(15)2-3-10(11)16/h2-3,5-6,8H,1,4H2,(H2,11,16)(H,13,14)/t8-/m0/s1. The third kappa shape index (κ3) is 3.49. The van der Waals surface area contributed by atoms with Gasteiger partial charge < -0.3 is 10.7 Å². The zero-order valence-corrected chi connectivity index (χ0v) is 8.59. The Hall–Kier alpha value is -2.24. The van der Waals surface area contributed by atoms with E-state index in [-0.39, 0.29) is 5.78 Å². The first-order chi connectivity index (χ1) is 7.63. The summed E-state index contributed by atoms with van der Waals surface area (Å²) in [6, 6.07) is -0.640. The molecule has 1 atom stereocenters. The van der Waals surface area contributed by atoms with Crippen LogP contribution in [0.15, 0.2) is 29.7 Å². The monoisotopic (exact) mass is 220 g/mol. The Kier molecular flexibility index (Phi) is 4.14. The van der Waals surface area contributed by atoms with Crippen molar-refractivity contribution in [2.75, 3.05) is 0 Å². The first-order valence-corrected chi connectivity index (χ1v) is 4.58. The van der Waals surface area contributed by atoms with Gasteiger partial charge in [-0.05, 0) is 12.8 Å². The van der Waals surface area contributed by atoms with Gasteiger partial charge in [0.2, 0.25) is 5.91 Å². The Balaban J connectivity index is 2.64. The Morgan fingerprint density at radius 3 is 2.88 bits per heavy atom. The highest BCUT2D eigenvalue weighted by molar-refractivity contribution is 6.00. The molecular formula is C10H12N4O2. The predicted octanol–water partition coefficient (Wildman–Crippen LogP) is -0.368. The van der Waals surface area contributed by atoms with Crippen molar-refractivity contribution in [1.82, 2.24) is 9.97 Å². The van der Waals surface area contributed by atoms with Crippen LogP contribution < -0.4 is 5.73 Å². The molecule has 0 aliphatic carbocycles. The van der Waals surface area contributed by atoms with Crippen molar-refractivity contribution in [2.45, 2.75) is 12.5 Å². The van der Waals surface area contributed by atoms with Gasteiger partial charge in [-0.1, -0.05) is 0 Å².